The van der Waals surface area contributed by atoms with E-state index < -0.39 is 0 Å². The Bertz CT molecular complexity index is 565. The van der Waals surface area contributed by atoms with E-state index >= 15 is 0 Å². The van der Waals surface area contributed by atoms with Crippen molar-refractivity contribution in [3.05, 3.63) is 53.1 Å². The first kappa shape index (κ1) is 14.7. The summed E-state index contributed by atoms with van der Waals surface area (Å²) in [6.45, 7) is 2.08. The number of aromatic nitrogens is 2. The maximum atomic E-state index is 13.2. The molecule has 0 fully saturated rings. The highest BCUT2D eigenvalue weighted by Gasteiger charge is 2.13. The van der Waals surface area contributed by atoms with Gasteiger partial charge in [-0.05, 0) is 36.6 Å². The van der Waals surface area contributed by atoms with Gasteiger partial charge in [0.1, 0.15) is 5.82 Å². The van der Waals surface area contributed by atoms with Crippen molar-refractivity contribution in [2.75, 3.05) is 0 Å². The maximum absolute atomic E-state index is 13.2. The lowest BCUT2D eigenvalue weighted by atomic mass is 10.0. The molecule has 0 saturated heterocycles. The van der Waals surface area contributed by atoms with Gasteiger partial charge in [-0.25, -0.2) is 4.39 Å². The molecule has 3 N–H and O–H groups in total. The Hall–Kier alpha value is -1.72. The number of nitrogens with one attached hydrogen (secondary N) is 1. The van der Waals surface area contributed by atoms with Crippen molar-refractivity contribution in [1.82, 2.24) is 15.2 Å². The van der Waals surface area contributed by atoms with E-state index in [9.17, 15) is 4.39 Å². The van der Waals surface area contributed by atoms with Gasteiger partial charge >= 0.3 is 0 Å². The number of halogens is 1. The molecular formula is C15H21FN4. The van der Waals surface area contributed by atoms with E-state index in [-0.39, 0.29) is 11.9 Å². The molecule has 2 rings (SSSR count). The van der Waals surface area contributed by atoms with Crippen LogP contribution in [0.25, 0.3) is 0 Å². The van der Waals surface area contributed by atoms with Crippen molar-refractivity contribution in [1.29, 1.82) is 0 Å². The van der Waals surface area contributed by atoms with Gasteiger partial charge in [0.2, 0.25) is 0 Å². The smallest absolute Gasteiger partial charge is 0.123 e. The Labute approximate surface area is 118 Å². The molecule has 1 aromatic heterocycles. The molecule has 2 aromatic rings. The van der Waals surface area contributed by atoms with Gasteiger partial charge in [0, 0.05) is 25.2 Å². The van der Waals surface area contributed by atoms with Crippen molar-refractivity contribution in [3.8, 4) is 0 Å². The highest BCUT2D eigenvalue weighted by molar-refractivity contribution is 5.19. The average Bonchev–Trinajstić information content (AvgIpc) is 2.78. The lowest BCUT2D eigenvalue weighted by Crippen LogP contribution is -2.38. The molecule has 0 aliphatic heterocycles. The Morgan fingerprint density at radius 3 is 2.75 bits per heavy atom. The standard InChI is InChI=1S/C15H21FN4/c1-3-13-9-15(20(2)19-13)10-14(18-17)8-11-5-4-6-12(16)7-11/h4-7,9,14,18H,3,8,10,17H2,1-2H3. The van der Waals surface area contributed by atoms with Gasteiger partial charge in [-0.2, -0.15) is 5.10 Å². The molecule has 0 aliphatic rings. The number of hydrogen-bond acceptors (Lipinski definition) is 3. The molecule has 0 amide bonds. The van der Waals surface area contributed by atoms with Crippen LogP contribution < -0.4 is 11.3 Å². The molecule has 5 heteroatoms. The van der Waals surface area contributed by atoms with Crippen molar-refractivity contribution in [2.24, 2.45) is 12.9 Å². The van der Waals surface area contributed by atoms with Crippen molar-refractivity contribution in [2.45, 2.75) is 32.2 Å². The van der Waals surface area contributed by atoms with Crippen molar-refractivity contribution in [3.63, 3.8) is 0 Å². The molecule has 1 unspecified atom stereocenters. The number of benzene rings is 1. The van der Waals surface area contributed by atoms with Crippen LogP contribution >= 0.6 is 0 Å². The Kier molecular flexibility index (Phi) is 4.87. The van der Waals surface area contributed by atoms with E-state index in [1.165, 1.54) is 6.07 Å². The Morgan fingerprint density at radius 2 is 2.15 bits per heavy atom. The molecule has 0 saturated carbocycles. The van der Waals surface area contributed by atoms with Gasteiger partial charge in [-0.1, -0.05) is 19.1 Å². The summed E-state index contributed by atoms with van der Waals surface area (Å²) in [7, 11) is 1.93. The van der Waals surface area contributed by atoms with Gasteiger partial charge in [0.05, 0.1) is 5.69 Å². The lowest BCUT2D eigenvalue weighted by Gasteiger charge is -2.16. The highest BCUT2D eigenvalue weighted by Crippen LogP contribution is 2.11. The topological polar surface area (TPSA) is 55.9 Å². The van der Waals surface area contributed by atoms with E-state index in [0.717, 1.165) is 29.8 Å². The molecule has 108 valence electrons. The van der Waals surface area contributed by atoms with Crippen molar-refractivity contribution < 1.29 is 4.39 Å². The first-order valence-electron chi connectivity index (χ1n) is 6.84. The molecule has 4 nitrogen and oxygen atoms in total. The second kappa shape index (κ2) is 6.63. The molecule has 1 aromatic carbocycles. The molecule has 0 aliphatic carbocycles. The third kappa shape index (κ3) is 3.65. The predicted octanol–water partition coefficient (Wildman–Crippen LogP) is 1.74. The first-order valence-corrected chi connectivity index (χ1v) is 6.84. The van der Waals surface area contributed by atoms with E-state index in [1.807, 2.05) is 17.8 Å². The van der Waals surface area contributed by atoms with Crippen LogP contribution in [0.4, 0.5) is 4.39 Å². The molecule has 0 bridgehead atoms. The lowest BCUT2D eigenvalue weighted by molar-refractivity contribution is 0.503. The van der Waals surface area contributed by atoms with Gasteiger partial charge in [0.25, 0.3) is 0 Å². The number of hydrogen-bond donors (Lipinski definition) is 2. The highest BCUT2D eigenvalue weighted by atomic mass is 19.1. The fourth-order valence-electron chi connectivity index (χ4n) is 2.33. The van der Waals surface area contributed by atoms with Crippen LogP contribution in [-0.4, -0.2) is 15.8 Å². The molecule has 1 heterocycles. The van der Waals surface area contributed by atoms with Crippen LogP contribution in [0.1, 0.15) is 23.9 Å². The minimum atomic E-state index is -0.216. The van der Waals surface area contributed by atoms with E-state index in [4.69, 9.17) is 5.84 Å². The molecule has 1 atom stereocenters. The summed E-state index contributed by atoms with van der Waals surface area (Å²) in [6.07, 6.45) is 2.36. The predicted molar refractivity (Wildman–Crippen MR) is 77.5 cm³/mol. The van der Waals surface area contributed by atoms with Gasteiger partial charge < -0.3 is 0 Å². The number of aryl methyl sites for hydroxylation is 2. The van der Waals surface area contributed by atoms with Gasteiger partial charge in [0.15, 0.2) is 0 Å². The Balaban J connectivity index is 2.06. The minimum Gasteiger partial charge on any atom is -0.272 e. The molecular weight excluding hydrogens is 255 g/mol. The quantitative estimate of drug-likeness (QED) is 0.624. The number of rotatable bonds is 6. The second-order valence-electron chi connectivity index (χ2n) is 5.01. The summed E-state index contributed by atoms with van der Waals surface area (Å²) in [4.78, 5) is 0. The first-order chi connectivity index (χ1) is 9.62. The number of hydrazine groups is 1. The summed E-state index contributed by atoms with van der Waals surface area (Å²) in [5.74, 6) is 5.41. The van der Waals surface area contributed by atoms with E-state index in [0.29, 0.717) is 6.42 Å². The summed E-state index contributed by atoms with van der Waals surface area (Å²) in [6, 6.07) is 8.77. The van der Waals surface area contributed by atoms with Crippen LogP contribution in [0.5, 0.6) is 0 Å². The van der Waals surface area contributed by atoms with E-state index in [1.54, 1.807) is 12.1 Å². The van der Waals surface area contributed by atoms with Crippen LogP contribution in [0.2, 0.25) is 0 Å². The largest absolute Gasteiger partial charge is 0.272 e. The number of nitrogens with two attached hydrogens (primary N) is 1. The summed E-state index contributed by atoms with van der Waals surface area (Å²) in [5, 5.41) is 4.43. The normalized spacial score (nSPS) is 12.6. The zero-order valence-electron chi connectivity index (χ0n) is 11.9. The van der Waals surface area contributed by atoms with Crippen LogP contribution in [0.3, 0.4) is 0 Å². The van der Waals surface area contributed by atoms with Gasteiger partial charge in [-0.3, -0.25) is 16.0 Å². The zero-order valence-corrected chi connectivity index (χ0v) is 11.9. The minimum absolute atomic E-state index is 0.0527. The maximum Gasteiger partial charge on any atom is 0.123 e. The average molecular weight is 276 g/mol. The summed E-state index contributed by atoms with van der Waals surface area (Å²) in [5.41, 5.74) is 5.94. The molecule has 0 radical (unpaired) electrons. The molecule has 0 spiro atoms. The second-order valence-corrected chi connectivity index (χ2v) is 5.01. The SMILES string of the molecule is CCc1cc(CC(Cc2cccc(F)c2)NN)n(C)n1. The fourth-order valence-corrected chi connectivity index (χ4v) is 2.33. The summed E-state index contributed by atoms with van der Waals surface area (Å²) >= 11 is 0. The van der Waals surface area contributed by atoms with Gasteiger partial charge in [-0.15, -0.1) is 0 Å². The van der Waals surface area contributed by atoms with Crippen LogP contribution in [0.15, 0.2) is 30.3 Å². The number of nitrogens with zero attached hydrogens (tertiary/aromatic N) is 2. The molecule has 20 heavy (non-hydrogen) atoms. The third-order valence-electron chi connectivity index (χ3n) is 3.45. The van der Waals surface area contributed by atoms with Crippen molar-refractivity contribution >= 4 is 0 Å². The Morgan fingerprint density at radius 1 is 1.35 bits per heavy atom. The third-order valence-corrected chi connectivity index (χ3v) is 3.45. The van der Waals surface area contributed by atoms with E-state index in [2.05, 4.69) is 23.5 Å². The van der Waals surface area contributed by atoms with Crippen LogP contribution in [0, 0.1) is 5.82 Å². The summed E-state index contributed by atoms with van der Waals surface area (Å²) < 4.78 is 15.1. The zero-order chi connectivity index (χ0) is 14.5. The van der Waals surface area contributed by atoms with Crippen LogP contribution in [-0.2, 0) is 26.3 Å². The monoisotopic (exact) mass is 276 g/mol. The fraction of sp³-hybridized carbons (Fsp3) is 0.400.